The van der Waals surface area contributed by atoms with Crippen molar-refractivity contribution in [2.24, 2.45) is 0 Å². The number of nitrogens with zero attached hydrogens (tertiary/aromatic N) is 5. The predicted molar refractivity (Wildman–Crippen MR) is 232 cm³/mol. The van der Waals surface area contributed by atoms with Gasteiger partial charge in [0.2, 0.25) is 0 Å². The van der Waals surface area contributed by atoms with E-state index in [2.05, 4.69) is 124 Å². The lowest BCUT2D eigenvalue weighted by molar-refractivity contribution is 0.669. The fourth-order valence-corrected chi connectivity index (χ4v) is 8.67. The molecule has 6 nitrogen and oxygen atoms in total. The Hall–Kier alpha value is -7.83. The maximum Gasteiger partial charge on any atom is 0.164 e. The van der Waals surface area contributed by atoms with E-state index in [1.807, 2.05) is 72.8 Å². The zero-order valence-corrected chi connectivity index (χ0v) is 30.5. The summed E-state index contributed by atoms with van der Waals surface area (Å²) in [6.07, 6.45) is 0. The largest absolute Gasteiger partial charge is 0.456 e. The summed E-state index contributed by atoms with van der Waals surface area (Å²) < 4.78 is 11.5. The molecule has 57 heavy (non-hydrogen) atoms. The Morgan fingerprint density at radius 1 is 0.351 bits per heavy atom. The Bertz CT molecular complexity index is 3450. The van der Waals surface area contributed by atoms with Gasteiger partial charge >= 0.3 is 0 Å². The zero-order chi connectivity index (χ0) is 37.5. The average Bonchev–Trinajstić information content (AvgIpc) is 3.95. The van der Waals surface area contributed by atoms with Crippen molar-refractivity contribution in [1.29, 1.82) is 0 Å². The van der Waals surface area contributed by atoms with E-state index in [9.17, 15) is 0 Å². The lowest BCUT2D eigenvalue weighted by Gasteiger charge is -2.13. The number of aromatic nitrogens is 5. The fraction of sp³-hybridized carbons (Fsp3) is 0. The highest BCUT2D eigenvalue weighted by atomic mass is 16.3. The third-order valence-corrected chi connectivity index (χ3v) is 11.2. The number of rotatable bonds is 5. The number of benzene rings is 8. The van der Waals surface area contributed by atoms with Crippen molar-refractivity contribution in [3.8, 4) is 45.5 Å². The van der Waals surface area contributed by atoms with Crippen LogP contribution in [0.15, 0.2) is 192 Å². The summed E-state index contributed by atoms with van der Waals surface area (Å²) in [6.45, 7) is 0. The van der Waals surface area contributed by atoms with Crippen LogP contribution in [-0.4, -0.2) is 24.1 Å². The number of fused-ring (bicyclic) bond motifs is 10. The molecule has 0 saturated heterocycles. The van der Waals surface area contributed by atoms with Crippen molar-refractivity contribution in [1.82, 2.24) is 24.1 Å². The molecule has 0 atom stereocenters. The molecule has 0 radical (unpaired) electrons. The molecule has 0 aliphatic carbocycles. The van der Waals surface area contributed by atoms with Crippen LogP contribution >= 0.6 is 0 Å². The molecule has 0 N–H and O–H groups in total. The van der Waals surface area contributed by atoms with Crippen LogP contribution in [0.5, 0.6) is 0 Å². The van der Waals surface area contributed by atoms with Gasteiger partial charge in [-0.25, -0.2) is 15.0 Å². The second-order valence-electron chi connectivity index (χ2n) is 14.4. The van der Waals surface area contributed by atoms with Gasteiger partial charge in [-0.05, 0) is 54.6 Å². The first-order valence-corrected chi connectivity index (χ1v) is 19.1. The minimum Gasteiger partial charge on any atom is -0.456 e. The molecule has 0 unspecified atom stereocenters. The van der Waals surface area contributed by atoms with E-state index < -0.39 is 0 Å². The molecule has 0 saturated carbocycles. The summed E-state index contributed by atoms with van der Waals surface area (Å²) in [5, 5.41) is 6.82. The topological polar surface area (TPSA) is 61.7 Å². The molecule has 0 aliphatic rings. The molecule has 6 heteroatoms. The highest BCUT2D eigenvalue weighted by Crippen LogP contribution is 2.44. The van der Waals surface area contributed by atoms with E-state index in [1.54, 1.807) is 0 Å². The van der Waals surface area contributed by atoms with Crippen molar-refractivity contribution in [2.75, 3.05) is 0 Å². The van der Waals surface area contributed by atoms with E-state index in [0.717, 1.165) is 66.6 Å². The standard InChI is InChI=1S/C51H31N5O/c1-4-15-32(16-5-1)49-52-50(33-17-6-2-7-18-33)54-51(53-49)34-27-30-44-40(31-34)46-43(25-14-26-45(46)57-44)56-42-24-13-11-22-37(42)39-29-28-38-36-21-10-12-23-41(36)55(47(38)48(39)56)35-19-8-3-9-20-35/h1-31H. The third kappa shape index (κ3) is 4.81. The van der Waals surface area contributed by atoms with Crippen molar-refractivity contribution in [3.05, 3.63) is 188 Å². The van der Waals surface area contributed by atoms with Crippen LogP contribution in [-0.2, 0) is 0 Å². The number of para-hydroxylation sites is 3. The van der Waals surface area contributed by atoms with E-state index >= 15 is 0 Å². The first-order valence-electron chi connectivity index (χ1n) is 19.1. The first-order chi connectivity index (χ1) is 28.3. The van der Waals surface area contributed by atoms with Gasteiger partial charge in [0, 0.05) is 49.3 Å². The highest BCUT2D eigenvalue weighted by molar-refractivity contribution is 6.24. The molecule has 0 bridgehead atoms. The lowest BCUT2D eigenvalue weighted by atomic mass is 10.1. The fourth-order valence-electron chi connectivity index (χ4n) is 8.67. The van der Waals surface area contributed by atoms with Crippen molar-refractivity contribution < 1.29 is 4.42 Å². The average molecular weight is 730 g/mol. The van der Waals surface area contributed by atoms with Crippen LogP contribution in [0.3, 0.4) is 0 Å². The van der Waals surface area contributed by atoms with Crippen LogP contribution in [0.1, 0.15) is 0 Å². The van der Waals surface area contributed by atoms with Gasteiger partial charge in [0.15, 0.2) is 17.5 Å². The summed E-state index contributed by atoms with van der Waals surface area (Å²) in [4.78, 5) is 15.0. The molecular weight excluding hydrogens is 699 g/mol. The molecule has 8 aromatic carbocycles. The van der Waals surface area contributed by atoms with E-state index in [-0.39, 0.29) is 0 Å². The van der Waals surface area contributed by atoms with Gasteiger partial charge in [-0.15, -0.1) is 0 Å². The van der Waals surface area contributed by atoms with Gasteiger partial charge < -0.3 is 13.6 Å². The van der Waals surface area contributed by atoms with Gasteiger partial charge in [0.1, 0.15) is 11.2 Å². The summed E-state index contributed by atoms with van der Waals surface area (Å²) in [5.41, 5.74) is 11.1. The lowest BCUT2D eigenvalue weighted by Crippen LogP contribution is -2.00. The van der Waals surface area contributed by atoms with Crippen LogP contribution in [0, 0.1) is 0 Å². The maximum absolute atomic E-state index is 6.65. The molecule has 0 spiro atoms. The highest BCUT2D eigenvalue weighted by Gasteiger charge is 2.23. The molecule has 0 amide bonds. The Balaban J connectivity index is 1.16. The Morgan fingerprint density at radius 2 is 0.877 bits per heavy atom. The smallest absolute Gasteiger partial charge is 0.164 e. The van der Waals surface area contributed by atoms with Gasteiger partial charge in [0.25, 0.3) is 0 Å². The van der Waals surface area contributed by atoms with Gasteiger partial charge in [-0.1, -0.05) is 133 Å². The minimum absolute atomic E-state index is 0.599. The molecule has 0 fully saturated rings. The molecule has 266 valence electrons. The second-order valence-corrected chi connectivity index (χ2v) is 14.4. The monoisotopic (exact) mass is 729 g/mol. The Labute approximate surface area is 326 Å². The Kier molecular flexibility index (Phi) is 6.83. The second kappa shape index (κ2) is 12.3. The van der Waals surface area contributed by atoms with Gasteiger partial charge in [0.05, 0.1) is 33.1 Å². The maximum atomic E-state index is 6.65. The molecule has 4 aromatic heterocycles. The van der Waals surface area contributed by atoms with Crippen LogP contribution in [0.4, 0.5) is 0 Å². The van der Waals surface area contributed by atoms with Gasteiger partial charge in [-0.3, -0.25) is 0 Å². The van der Waals surface area contributed by atoms with Crippen LogP contribution in [0.25, 0.3) is 111 Å². The van der Waals surface area contributed by atoms with Crippen LogP contribution < -0.4 is 0 Å². The van der Waals surface area contributed by atoms with Crippen molar-refractivity contribution in [2.45, 2.75) is 0 Å². The molecule has 12 rings (SSSR count). The molecule has 0 aliphatic heterocycles. The normalized spacial score (nSPS) is 11.9. The quantitative estimate of drug-likeness (QED) is 0.177. The minimum atomic E-state index is 0.599. The van der Waals surface area contributed by atoms with Gasteiger partial charge in [-0.2, -0.15) is 0 Å². The third-order valence-electron chi connectivity index (χ3n) is 11.2. The number of furan rings is 1. The van der Waals surface area contributed by atoms with Crippen molar-refractivity contribution in [3.63, 3.8) is 0 Å². The summed E-state index contributed by atoms with van der Waals surface area (Å²) in [7, 11) is 0. The summed E-state index contributed by atoms with van der Waals surface area (Å²) in [6, 6.07) is 65.5. The number of hydrogen-bond donors (Lipinski definition) is 0. The molecule has 12 aromatic rings. The SMILES string of the molecule is c1ccc(-c2nc(-c3ccccc3)nc(-c3ccc4oc5cccc(-n6c7ccccc7c7ccc8c9ccccc9n(-c9ccccc9)c8c76)c5c4c3)n2)cc1. The summed E-state index contributed by atoms with van der Waals surface area (Å²) >= 11 is 0. The Morgan fingerprint density at radius 3 is 1.51 bits per heavy atom. The first kappa shape index (κ1) is 31.5. The zero-order valence-electron chi connectivity index (χ0n) is 30.5. The van der Waals surface area contributed by atoms with E-state index in [4.69, 9.17) is 19.4 Å². The predicted octanol–water partition coefficient (Wildman–Crippen LogP) is 13.0. The molecule has 4 heterocycles. The van der Waals surface area contributed by atoms with E-state index in [1.165, 1.54) is 27.1 Å². The number of hydrogen-bond acceptors (Lipinski definition) is 4. The summed E-state index contributed by atoms with van der Waals surface area (Å²) in [5.74, 6) is 1.85. The molecular formula is C51H31N5O. The van der Waals surface area contributed by atoms with Crippen molar-refractivity contribution >= 4 is 65.6 Å². The van der Waals surface area contributed by atoms with Crippen LogP contribution in [0.2, 0.25) is 0 Å². The van der Waals surface area contributed by atoms with E-state index in [0.29, 0.717) is 17.5 Å².